The Hall–Kier alpha value is -1.94. The number of aromatic nitrogens is 2. The number of ether oxygens (including phenoxy) is 1. The maximum Gasteiger partial charge on any atom is 0.149 e. The fourth-order valence-electron chi connectivity index (χ4n) is 2.29. The van der Waals surface area contributed by atoms with Crippen LogP contribution in [0.4, 0.5) is 0 Å². The normalized spacial score (nSPS) is 14.9. The lowest BCUT2D eigenvalue weighted by molar-refractivity contribution is 0.357. The zero-order valence-electron chi connectivity index (χ0n) is 10.3. The highest BCUT2D eigenvalue weighted by atomic mass is 16.5. The van der Waals surface area contributed by atoms with Crippen LogP contribution in [-0.2, 0) is 6.42 Å². The monoisotopic (exact) mass is 241 g/mol. The van der Waals surface area contributed by atoms with E-state index in [1.54, 1.807) is 12.4 Å². The van der Waals surface area contributed by atoms with Crippen LogP contribution < -0.4 is 10.1 Å². The molecule has 2 heterocycles. The largest absolute Gasteiger partial charge is 0.493 e. The fraction of sp³-hybridized carbons (Fsp3) is 0.286. The van der Waals surface area contributed by atoms with Crippen LogP contribution >= 0.6 is 0 Å². The van der Waals surface area contributed by atoms with Crippen LogP contribution in [0.3, 0.4) is 0 Å². The molecule has 1 aromatic carbocycles. The van der Waals surface area contributed by atoms with Crippen molar-refractivity contribution in [3.63, 3.8) is 0 Å². The van der Waals surface area contributed by atoms with E-state index in [0.29, 0.717) is 0 Å². The first-order chi connectivity index (χ1) is 8.88. The van der Waals surface area contributed by atoms with Gasteiger partial charge in [0, 0.05) is 18.8 Å². The topological polar surface area (TPSA) is 47.0 Å². The van der Waals surface area contributed by atoms with Gasteiger partial charge in [-0.05, 0) is 36.4 Å². The Balaban J connectivity index is 1.97. The summed E-state index contributed by atoms with van der Waals surface area (Å²) in [7, 11) is 1.92. The minimum absolute atomic E-state index is 0.0251. The molecule has 18 heavy (non-hydrogen) atoms. The van der Waals surface area contributed by atoms with Crippen LogP contribution in [0.5, 0.6) is 5.75 Å². The Morgan fingerprint density at radius 2 is 2.11 bits per heavy atom. The van der Waals surface area contributed by atoms with Gasteiger partial charge in [0.15, 0.2) is 0 Å². The first kappa shape index (κ1) is 11.2. The van der Waals surface area contributed by atoms with Crippen LogP contribution in [0.15, 0.2) is 36.7 Å². The van der Waals surface area contributed by atoms with E-state index in [1.807, 2.05) is 19.2 Å². The van der Waals surface area contributed by atoms with Crippen LogP contribution in [0.2, 0.25) is 0 Å². The number of hydrogen-bond donors (Lipinski definition) is 1. The molecule has 1 aromatic heterocycles. The molecule has 1 atom stereocenters. The molecule has 1 N–H and O–H groups in total. The molecule has 0 amide bonds. The average molecular weight is 241 g/mol. The molecule has 1 aliphatic heterocycles. The molecule has 0 aliphatic carbocycles. The highest BCUT2D eigenvalue weighted by molar-refractivity contribution is 5.41. The average Bonchev–Trinajstić information content (AvgIpc) is 2.88. The van der Waals surface area contributed by atoms with Crippen molar-refractivity contribution in [1.82, 2.24) is 15.3 Å². The van der Waals surface area contributed by atoms with Gasteiger partial charge < -0.3 is 10.1 Å². The third-order valence-electron chi connectivity index (χ3n) is 3.18. The molecule has 0 saturated heterocycles. The second-order valence-electron chi connectivity index (χ2n) is 4.29. The molecule has 92 valence electrons. The van der Waals surface area contributed by atoms with Crippen LogP contribution in [-0.4, -0.2) is 23.6 Å². The van der Waals surface area contributed by atoms with Gasteiger partial charge in [0.1, 0.15) is 11.6 Å². The molecular weight excluding hydrogens is 226 g/mol. The number of fused-ring (bicyclic) bond motifs is 1. The number of benzene rings is 1. The van der Waals surface area contributed by atoms with Gasteiger partial charge in [0.25, 0.3) is 0 Å². The van der Waals surface area contributed by atoms with Crippen molar-refractivity contribution in [3.8, 4) is 5.75 Å². The van der Waals surface area contributed by atoms with Gasteiger partial charge in [0.2, 0.25) is 0 Å². The molecule has 0 saturated carbocycles. The summed E-state index contributed by atoms with van der Waals surface area (Å²) in [6, 6.07) is 8.14. The van der Waals surface area contributed by atoms with Gasteiger partial charge >= 0.3 is 0 Å². The summed E-state index contributed by atoms with van der Waals surface area (Å²) in [6.45, 7) is 0.783. The highest BCUT2D eigenvalue weighted by Gasteiger charge is 2.18. The number of hydrogen-bond acceptors (Lipinski definition) is 4. The van der Waals surface area contributed by atoms with Crippen molar-refractivity contribution >= 4 is 0 Å². The van der Waals surface area contributed by atoms with Crippen LogP contribution in [0.25, 0.3) is 0 Å². The molecule has 0 bridgehead atoms. The van der Waals surface area contributed by atoms with E-state index in [0.717, 1.165) is 24.6 Å². The zero-order valence-corrected chi connectivity index (χ0v) is 10.3. The van der Waals surface area contributed by atoms with Crippen LogP contribution in [0.1, 0.15) is 23.0 Å². The van der Waals surface area contributed by atoms with Crippen molar-refractivity contribution in [2.24, 2.45) is 0 Å². The minimum Gasteiger partial charge on any atom is -0.493 e. The van der Waals surface area contributed by atoms with Crippen molar-refractivity contribution < 1.29 is 4.74 Å². The maximum atomic E-state index is 5.52. The van der Waals surface area contributed by atoms with Gasteiger partial charge in [-0.1, -0.05) is 6.07 Å². The Kier molecular flexibility index (Phi) is 2.94. The number of rotatable bonds is 3. The standard InChI is InChI=1S/C14H15N3O/c1-15-13(14-16-6-2-7-17-14)11-3-4-12-10(9-11)5-8-18-12/h2-4,6-7,9,13,15H,5,8H2,1H3. The van der Waals surface area contributed by atoms with Gasteiger partial charge in [-0.3, -0.25) is 0 Å². The van der Waals surface area contributed by atoms with Crippen LogP contribution in [0, 0.1) is 0 Å². The van der Waals surface area contributed by atoms with Gasteiger partial charge in [-0.25, -0.2) is 9.97 Å². The molecule has 0 spiro atoms. The summed E-state index contributed by atoms with van der Waals surface area (Å²) in [6.07, 6.45) is 4.52. The maximum absolute atomic E-state index is 5.52. The summed E-state index contributed by atoms with van der Waals surface area (Å²) in [4.78, 5) is 8.63. The Labute approximate surface area is 106 Å². The molecule has 3 rings (SSSR count). The van der Waals surface area contributed by atoms with E-state index in [1.165, 1.54) is 11.1 Å². The lowest BCUT2D eigenvalue weighted by Gasteiger charge is -2.15. The lowest BCUT2D eigenvalue weighted by Crippen LogP contribution is -2.20. The Morgan fingerprint density at radius 3 is 2.89 bits per heavy atom. The Bertz CT molecular complexity index is 542. The van der Waals surface area contributed by atoms with Crippen molar-refractivity contribution in [2.75, 3.05) is 13.7 Å². The Morgan fingerprint density at radius 1 is 1.28 bits per heavy atom. The molecule has 4 heteroatoms. The predicted octanol–water partition coefficient (Wildman–Crippen LogP) is 1.72. The molecular formula is C14H15N3O. The van der Waals surface area contributed by atoms with E-state index in [4.69, 9.17) is 4.74 Å². The molecule has 1 aliphatic rings. The zero-order chi connectivity index (χ0) is 12.4. The predicted molar refractivity (Wildman–Crippen MR) is 68.6 cm³/mol. The fourth-order valence-corrected chi connectivity index (χ4v) is 2.29. The molecule has 4 nitrogen and oxygen atoms in total. The summed E-state index contributed by atoms with van der Waals surface area (Å²) in [5, 5.41) is 3.26. The molecule has 0 radical (unpaired) electrons. The quantitative estimate of drug-likeness (QED) is 0.888. The second-order valence-corrected chi connectivity index (χ2v) is 4.29. The van der Waals surface area contributed by atoms with E-state index >= 15 is 0 Å². The third kappa shape index (κ3) is 1.95. The van der Waals surface area contributed by atoms with E-state index in [9.17, 15) is 0 Å². The second kappa shape index (κ2) is 4.74. The SMILES string of the molecule is CNC(c1ccc2c(c1)CCO2)c1ncccn1. The van der Waals surface area contributed by atoms with Gasteiger partial charge in [-0.2, -0.15) is 0 Å². The van der Waals surface area contributed by atoms with E-state index in [-0.39, 0.29) is 6.04 Å². The summed E-state index contributed by atoms with van der Waals surface area (Å²) < 4.78 is 5.52. The summed E-state index contributed by atoms with van der Waals surface area (Å²) in [5.74, 6) is 1.79. The van der Waals surface area contributed by atoms with Crippen molar-refractivity contribution in [2.45, 2.75) is 12.5 Å². The lowest BCUT2D eigenvalue weighted by atomic mass is 10.0. The van der Waals surface area contributed by atoms with Crippen molar-refractivity contribution in [1.29, 1.82) is 0 Å². The minimum atomic E-state index is 0.0251. The molecule has 2 aromatic rings. The first-order valence-electron chi connectivity index (χ1n) is 6.08. The third-order valence-corrected chi connectivity index (χ3v) is 3.18. The van der Waals surface area contributed by atoms with E-state index in [2.05, 4.69) is 27.4 Å². The molecule has 0 fully saturated rings. The first-order valence-corrected chi connectivity index (χ1v) is 6.08. The van der Waals surface area contributed by atoms with Gasteiger partial charge in [-0.15, -0.1) is 0 Å². The number of nitrogens with one attached hydrogen (secondary N) is 1. The van der Waals surface area contributed by atoms with Gasteiger partial charge in [0.05, 0.1) is 12.6 Å². The molecule has 1 unspecified atom stereocenters. The van der Waals surface area contributed by atoms with Crippen molar-refractivity contribution in [3.05, 3.63) is 53.6 Å². The number of nitrogens with zero attached hydrogens (tertiary/aromatic N) is 2. The summed E-state index contributed by atoms with van der Waals surface area (Å²) in [5.41, 5.74) is 2.44. The van der Waals surface area contributed by atoms with E-state index < -0.39 is 0 Å². The smallest absolute Gasteiger partial charge is 0.149 e. The summed E-state index contributed by atoms with van der Waals surface area (Å²) >= 11 is 0. The highest BCUT2D eigenvalue weighted by Crippen LogP contribution is 2.29.